The van der Waals surface area contributed by atoms with Gasteiger partial charge in [0.1, 0.15) is 11.5 Å². The lowest BCUT2D eigenvalue weighted by atomic mass is 9.99. The zero-order valence-corrected chi connectivity index (χ0v) is 12.4. The van der Waals surface area contributed by atoms with Gasteiger partial charge in [0.05, 0.1) is 12.5 Å². The van der Waals surface area contributed by atoms with Crippen LogP contribution in [0.1, 0.15) is 22.1 Å². The largest absolute Gasteiger partial charge is 0.497 e. The van der Waals surface area contributed by atoms with Crippen LogP contribution in [0.4, 0.5) is 8.78 Å². The van der Waals surface area contributed by atoms with Gasteiger partial charge in [-0.05, 0) is 47.9 Å². The van der Waals surface area contributed by atoms with Crippen molar-refractivity contribution in [2.75, 3.05) is 7.11 Å². The van der Waals surface area contributed by atoms with Crippen LogP contribution in [-0.4, -0.2) is 13.7 Å². The summed E-state index contributed by atoms with van der Waals surface area (Å²) in [4.78, 5) is 0. The second kappa shape index (κ2) is 6.76. The summed E-state index contributed by atoms with van der Waals surface area (Å²) in [6, 6.07) is 12.0. The van der Waals surface area contributed by atoms with Gasteiger partial charge >= 0.3 is 6.61 Å². The normalized spacial score (nSPS) is 12.3. The Morgan fingerprint density at radius 1 is 1.05 bits per heavy atom. The molecule has 0 fully saturated rings. The van der Waals surface area contributed by atoms with E-state index in [1.54, 1.807) is 19.2 Å². The predicted octanol–water partition coefficient (Wildman–Crippen LogP) is 4.93. The summed E-state index contributed by atoms with van der Waals surface area (Å²) in [5, 5.41) is -0.447. The minimum absolute atomic E-state index is 0.0966. The summed E-state index contributed by atoms with van der Waals surface area (Å²) in [6.45, 7) is -0.927. The summed E-state index contributed by atoms with van der Waals surface area (Å²) in [5.74, 6) is 0.842. The van der Waals surface area contributed by atoms with E-state index in [0.29, 0.717) is 5.56 Å². The molecule has 0 aliphatic rings. The first-order valence-electron chi connectivity index (χ1n) is 6.34. The van der Waals surface area contributed by atoms with Gasteiger partial charge in [-0.3, -0.25) is 0 Å². The Balaban J connectivity index is 2.29. The first kappa shape index (κ1) is 15.6. The van der Waals surface area contributed by atoms with E-state index in [-0.39, 0.29) is 5.75 Å². The highest BCUT2D eigenvalue weighted by atomic mass is 35.5. The van der Waals surface area contributed by atoms with Gasteiger partial charge in [-0.2, -0.15) is 8.78 Å². The van der Waals surface area contributed by atoms with Crippen LogP contribution in [0.25, 0.3) is 0 Å². The highest BCUT2D eigenvalue weighted by Crippen LogP contribution is 2.34. The van der Waals surface area contributed by atoms with Crippen LogP contribution in [0.5, 0.6) is 11.5 Å². The Bertz CT molecular complexity index is 617. The molecule has 0 aliphatic heterocycles. The monoisotopic (exact) mass is 312 g/mol. The Morgan fingerprint density at radius 2 is 1.81 bits per heavy atom. The first-order chi connectivity index (χ1) is 10.0. The molecule has 21 heavy (non-hydrogen) atoms. The van der Waals surface area contributed by atoms with Crippen molar-refractivity contribution >= 4 is 11.6 Å². The molecule has 0 saturated heterocycles. The van der Waals surface area contributed by atoms with Gasteiger partial charge in [0.15, 0.2) is 0 Å². The van der Waals surface area contributed by atoms with Crippen LogP contribution >= 0.6 is 11.6 Å². The lowest BCUT2D eigenvalue weighted by Crippen LogP contribution is -2.03. The van der Waals surface area contributed by atoms with Crippen molar-refractivity contribution < 1.29 is 18.3 Å². The highest BCUT2D eigenvalue weighted by Gasteiger charge is 2.15. The van der Waals surface area contributed by atoms with Gasteiger partial charge in [0.25, 0.3) is 0 Å². The number of ether oxygens (including phenoxy) is 2. The van der Waals surface area contributed by atoms with E-state index in [0.717, 1.165) is 16.9 Å². The molecule has 0 spiro atoms. The summed E-state index contributed by atoms with van der Waals surface area (Å²) < 4.78 is 34.1. The van der Waals surface area contributed by atoms with Crippen LogP contribution < -0.4 is 9.47 Å². The molecule has 0 aliphatic carbocycles. The predicted molar refractivity (Wildman–Crippen MR) is 78.5 cm³/mol. The van der Waals surface area contributed by atoms with E-state index in [2.05, 4.69) is 4.74 Å². The Labute approximate surface area is 127 Å². The number of alkyl halides is 3. The van der Waals surface area contributed by atoms with E-state index in [1.165, 1.54) is 12.1 Å². The van der Waals surface area contributed by atoms with Crippen molar-refractivity contribution in [2.45, 2.75) is 18.9 Å². The summed E-state index contributed by atoms with van der Waals surface area (Å²) in [6.07, 6.45) is 0. The molecule has 0 amide bonds. The number of halogens is 3. The molecule has 2 rings (SSSR count). The van der Waals surface area contributed by atoms with Crippen LogP contribution in [-0.2, 0) is 0 Å². The molecule has 1 unspecified atom stereocenters. The van der Waals surface area contributed by atoms with Crippen molar-refractivity contribution in [3.8, 4) is 11.5 Å². The van der Waals surface area contributed by atoms with Crippen molar-refractivity contribution in [3.05, 3.63) is 59.2 Å². The second-order valence-corrected chi connectivity index (χ2v) is 4.97. The third-order valence-corrected chi connectivity index (χ3v) is 3.61. The fraction of sp³-hybridized carbons (Fsp3) is 0.250. The zero-order valence-electron chi connectivity index (χ0n) is 11.6. The quantitative estimate of drug-likeness (QED) is 0.729. The van der Waals surface area contributed by atoms with Crippen molar-refractivity contribution in [1.82, 2.24) is 0 Å². The molecule has 2 aromatic rings. The number of methoxy groups -OCH3 is 1. The first-order valence-corrected chi connectivity index (χ1v) is 6.78. The third kappa shape index (κ3) is 3.85. The van der Waals surface area contributed by atoms with Crippen LogP contribution in [0.15, 0.2) is 42.5 Å². The molecular weight excluding hydrogens is 298 g/mol. The molecule has 0 bridgehead atoms. The maximum atomic E-state index is 12.3. The van der Waals surface area contributed by atoms with Gasteiger partial charge in [0.2, 0.25) is 0 Å². The van der Waals surface area contributed by atoms with Gasteiger partial charge in [-0.15, -0.1) is 11.6 Å². The fourth-order valence-corrected chi connectivity index (χ4v) is 2.47. The molecular formula is C16H15ClF2O2. The fourth-order valence-electron chi connectivity index (χ4n) is 2.09. The molecule has 2 aromatic carbocycles. The number of aryl methyl sites for hydroxylation is 1. The topological polar surface area (TPSA) is 18.5 Å². The molecule has 0 aromatic heterocycles. The van der Waals surface area contributed by atoms with E-state index in [1.807, 2.05) is 25.1 Å². The maximum Gasteiger partial charge on any atom is 0.387 e. The van der Waals surface area contributed by atoms with Gasteiger partial charge in [-0.25, -0.2) is 0 Å². The average molecular weight is 313 g/mol. The molecule has 0 radical (unpaired) electrons. The van der Waals surface area contributed by atoms with Crippen molar-refractivity contribution in [1.29, 1.82) is 0 Å². The molecule has 112 valence electrons. The van der Waals surface area contributed by atoms with Crippen LogP contribution in [0.3, 0.4) is 0 Å². The molecule has 5 heteroatoms. The standard InChI is InChI=1S/C16H15ClF2O2/c1-10-8-12(20-2)6-7-14(10)15(17)11-4-3-5-13(9-11)21-16(18)19/h3-9,15-16H,1-2H3. The van der Waals surface area contributed by atoms with Crippen LogP contribution in [0.2, 0.25) is 0 Å². The molecule has 2 nitrogen and oxygen atoms in total. The molecule has 0 heterocycles. The Kier molecular flexibility index (Phi) is 5.02. The lowest BCUT2D eigenvalue weighted by Gasteiger charge is -2.15. The average Bonchev–Trinajstić information content (AvgIpc) is 2.46. The van der Waals surface area contributed by atoms with E-state index < -0.39 is 12.0 Å². The second-order valence-electron chi connectivity index (χ2n) is 4.54. The Morgan fingerprint density at radius 3 is 2.43 bits per heavy atom. The number of hydrogen-bond donors (Lipinski definition) is 0. The number of rotatable bonds is 5. The molecule has 0 N–H and O–H groups in total. The third-order valence-electron chi connectivity index (χ3n) is 3.13. The van der Waals surface area contributed by atoms with Gasteiger partial charge in [-0.1, -0.05) is 18.2 Å². The SMILES string of the molecule is COc1ccc(C(Cl)c2cccc(OC(F)F)c2)c(C)c1. The summed E-state index contributed by atoms with van der Waals surface area (Å²) in [7, 11) is 1.60. The molecule has 0 saturated carbocycles. The number of hydrogen-bond acceptors (Lipinski definition) is 2. The van der Waals surface area contributed by atoms with Crippen molar-refractivity contribution in [3.63, 3.8) is 0 Å². The maximum absolute atomic E-state index is 12.3. The Hall–Kier alpha value is -1.81. The van der Waals surface area contributed by atoms with Gasteiger partial charge in [0, 0.05) is 0 Å². The smallest absolute Gasteiger partial charge is 0.387 e. The lowest BCUT2D eigenvalue weighted by molar-refractivity contribution is -0.0498. The minimum atomic E-state index is -2.85. The van der Waals surface area contributed by atoms with E-state index >= 15 is 0 Å². The van der Waals surface area contributed by atoms with Crippen LogP contribution in [0, 0.1) is 6.92 Å². The number of benzene rings is 2. The summed E-state index contributed by atoms with van der Waals surface area (Å²) in [5.41, 5.74) is 2.56. The minimum Gasteiger partial charge on any atom is -0.497 e. The zero-order chi connectivity index (χ0) is 15.4. The van der Waals surface area contributed by atoms with E-state index in [9.17, 15) is 8.78 Å². The summed E-state index contributed by atoms with van der Waals surface area (Å²) >= 11 is 6.46. The van der Waals surface area contributed by atoms with E-state index in [4.69, 9.17) is 16.3 Å². The van der Waals surface area contributed by atoms with Crippen molar-refractivity contribution in [2.24, 2.45) is 0 Å². The molecule has 1 atom stereocenters. The van der Waals surface area contributed by atoms with Gasteiger partial charge < -0.3 is 9.47 Å². The highest BCUT2D eigenvalue weighted by molar-refractivity contribution is 6.22.